The summed E-state index contributed by atoms with van der Waals surface area (Å²) >= 11 is 1.67. The number of hydrogen-bond acceptors (Lipinski definition) is 4. The molecule has 0 unspecified atom stereocenters. The van der Waals surface area contributed by atoms with Crippen molar-refractivity contribution in [3.8, 4) is 0 Å². The largest absolute Gasteiger partial charge is 0.481 e. The zero-order chi connectivity index (χ0) is 13.1. The number of nitrogens with zero attached hydrogens (tertiary/aromatic N) is 2. The van der Waals surface area contributed by atoms with Crippen LogP contribution in [0.15, 0.2) is 17.5 Å². The van der Waals surface area contributed by atoms with Crippen LogP contribution in [-0.2, 0) is 17.6 Å². The second-order valence-electron chi connectivity index (χ2n) is 4.12. The molecule has 2 rings (SSSR count). The Balaban J connectivity index is 2.27. The minimum atomic E-state index is -0.851. The highest BCUT2D eigenvalue weighted by Crippen LogP contribution is 2.16. The number of aromatic nitrogens is 2. The van der Waals surface area contributed by atoms with Crippen LogP contribution in [0, 0.1) is 13.8 Å². The van der Waals surface area contributed by atoms with Crippen LogP contribution in [0.3, 0.4) is 0 Å². The second kappa shape index (κ2) is 5.27. The van der Waals surface area contributed by atoms with Crippen LogP contribution in [0.4, 0.5) is 0 Å². The Morgan fingerprint density at radius 3 is 2.50 bits per heavy atom. The molecule has 5 heteroatoms. The third-order valence-electron chi connectivity index (χ3n) is 2.71. The van der Waals surface area contributed by atoms with E-state index in [-0.39, 0.29) is 6.42 Å². The first-order valence-corrected chi connectivity index (χ1v) is 6.51. The van der Waals surface area contributed by atoms with E-state index in [1.807, 2.05) is 31.4 Å². The minimum absolute atomic E-state index is 0.0169. The Bertz CT molecular complexity index is 541. The lowest BCUT2D eigenvalue weighted by Gasteiger charge is -2.08. The van der Waals surface area contributed by atoms with Gasteiger partial charge in [0.05, 0.1) is 6.42 Å². The van der Waals surface area contributed by atoms with Gasteiger partial charge in [0.25, 0.3) is 0 Å². The maximum absolute atomic E-state index is 10.8. The molecular weight excluding hydrogens is 248 g/mol. The fraction of sp³-hybridized carbons (Fsp3) is 0.308. The van der Waals surface area contributed by atoms with Gasteiger partial charge in [-0.15, -0.1) is 11.3 Å². The van der Waals surface area contributed by atoms with Gasteiger partial charge in [-0.25, -0.2) is 9.97 Å². The highest BCUT2D eigenvalue weighted by Gasteiger charge is 2.12. The van der Waals surface area contributed by atoms with Crippen LogP contribution < -0.4 is 0 Å². The Kier molecular flexibility index (Phi) is 3.72. The molecular formula is C13H14N2O2S. The zero-order valence-corrected chi connectivity index (χ0v) is 11.1. The van der Waals surface area contributed by atoms with E-state index >= 15 is 0 Å². The topological polar surface area (TPSA) is 63.1 Å². The molecule has 1 N–H and O–H groups in total. The van der Waals surface area contributed by atoms with Crippen molar-refractivity contribution in [3.63, 3.8) is 0 Å². The van der Waals surface area contributed by atoms with Crippen molar-refractivity contribution in [1.82, 2.24) is 9.97 Å². The van der Waals surface area contributed by atoms with E-state index in [4.69, 9.17) is 5.11 Å². The van der Waals surface area contributed by atoms with Crippen molar-refractivity contribution in [2.75, 3.05) is 0 Å². The van der Waals surface area contributed by atoms with Crippen LogP contribution in [0.2, 0.25) is 0 Å². The summed E-state index contributed by atoms with van der Waals surface area (Å²) in [7, 11) is 0. The predicted octanol–water partition coefficient (Wildman–Crippen LogP) is 2.37. The number of aliphatic carboxylic acids is 1. The van der Waals surface area contributed by atoms with Crippen LogP contribution in [0.25, 0.3) is 0 Å². The minimum Gasteiger partial charge on any atom is -0.481 e. The van der Waals surface area contributed by atoms with E-state index in [1.165, 1.54) is 4.88 Å². The summed E-state index contributed by atoms with van der Waals surface area (Å²) < 4.78 is 0. The molecule has 0 amide bonds. The number of thiophene rings is 1. The Morgan fingerprint density at radius 2 is 2.00 bits per heavy atom. The third-order valence-corrected chi connectivity index (χ3v) is 3.58. The van der Waals surface area contributed by atoms with Crippen molar-refractivity contribution < 1.29 is 9.90 Å². The maximum Gasteiger partial charge on any atom is 0.307 e. The Labute approximate surface area is 109 Å². The molecule has 4 nitrogen and oxygen atoms in total. The standard InChI is InChI=1S/C13H14N2O2S/c1-8-11(7-13(16)17)9(2)15-12(14-8)6-10-4-3-5-18-10/h3-5H,6-7H2,1-2H3,(H,16,17). The van der Waals surface area contributed by atoms with E-state index in [0.29, 0.717) is 6.42 Å². The number of hydrogen-bond donors (Lipinski definition) is 1. The summed E-state index contributed by atoms with van der Waals surface area (Å²) in [5, 5.41) is 10.9. The van der Waals surface area contributed by atoms with Gasteiger partial charge in [-0.3, -0.25) is 4.79 Å². The lowest BCUT2D eigenvalue weighted by molar-refractivity contribution is -0.136. The monoisotopic (exact) mass is 262 g/mol. The van der Waals surface area contributed by atoms with Gasteiger partial charge in [0.2, 0.25) is 0 Å². The molecule has 0 aliphatic rings. The molecule has 0 spiro atoms. The molecule has 2 aromatic heterocycles. The van der Waals surface area contributed by atoms with Gasteiger partial charge in [0.15, 0.2) is 0 Å². The zero-order valence-electron chi connectivity index (χ0n) is 10.3. The molecule has 0 atom stereocenters. The van der Waals surface area contributed by atoms with Crippen molar-refractivity contribution in [2.45, 2.75) is 26.7 Å². The van der Waals surface area contributed by atoms with E-state index in [9.17, 15) is 4.79 Å². The van der Waals surface area contributed by atoms with Gasteiger partial charge in [-0.1, -0.05) is 6.07 Å². The number of aryl methyl sites for hydroxylation is 2. The molecule has 0 radical (unpaired) electrons. The van der Waals surface area contributed by atoms with E-state index in [1.54, 1.807) is 11.3 Å². The maximum atomic E-state index is 10.8. The van der Waals surface area contributed by atoms with Crippen LogP contribution in [0.5, 0.6) is 0 Å². The first-order valence-electron chi connectivity index (χ1n) is 5.63. The SMILES string of the molecule is Cc1nc(Cc2cccs2)nc(C)c1CC(=O)O. The molecule has 0 saturated carbocycles. The van der Waals surface area contributed by atoms with Gasteiger partial charge in [-0.05, 0) is 25.3 Å². The normalized spacial score (nSPS) is 10.6. The molecule has 0 aliphatic heterocycles. The molecule has 0 aromatic carbocycles. The predicted molar refractivity (Wildman–Crippen MR) is 70.0 cm³/mol. The lowest BCUT2D eigenvalue weighted by Crippen LogP contribution is -2.10. The average molecular weight is 262 g/mol. The van der Waals surface area contributed by atoms with Gasteiger partial charge < -0.3 is 5.11 Å². The fourth-order valence-corrected chi connectivity index (χ4v) is 2.57. The number of carbonyl (C=O) groups is 1. The summed E-state index contributed by atoms with van der Waals surface area (Å²) in [6, 6.07) is 4.04. The van der Waals surface area contributed by atoms with E-state index < -0.39 is 5.97 Å². The fourth-order valence-electron chi connectivity index (χ4n) is 1.86. The smallest absolute Gasteiger partial charge is 0.307 e. The number of carboxylic acids is 1. The molecule has 0 saturated heterocycles. The van der Waals surface area contributed by atoms with Crippen molar-refractivity contribution in [2.24, 2.45) is 0 Å². The summed E-state index contributed by atoms with van der Waals surface area (Å²) in [4.78, 5) is 20.8. The van der Waals surface area contributed by atoms with Crippen LogP contribution in [0.1, 0.15) is 27.7 Å². The summed E-state index contributed by atoms with van der Waals surface area (Å²) in [6.07, 6.45) is 0.684. The quantitative estimate of drug-likeness (QED) is 0.918. The Hall–Kier alpha value is -1.75. The van der Waals surface area contributed by atoms with E-state index in [0.717, 1.165) is 22.8 Å². The van der Waals surface area contributed by atoms with Crippen LogP contribution in [-0.4, -0.2) is 21.0 Å². The number of carboxylic acid groups (broad SMARTS) is 1. The number of rotatable bonds is 4. The summed E-state index contributed by atoms with van der Waals surface area (Å²) in [5.74, 6) is -0.0996. The summed E-state index contributed by atoms with van der Waals surface area (Å²) in [5.41, 5.74) is 2.24. The van der Waals surface area contributed by atoms with Crippen molar-refractivity contribution >= 4 is 17.3 Å². The van der Waals surface area contributed by atoms with Gasteiger partial charge in [0, 0.05) is 28.2 Å². The highest BCUT2D eigenvalue weighted by atomic mass is 32.1. The molecule has 0 bridgehead atoms. The molecule has 2 aromatic rings. The third kappa shape index (κ3) is 2.92. The first-order chi connectivity index (χ1) is 8.56. The average Bonchev–Trinajstić information content (AvgIpc) is 2.76. The first kappa shape index (κ1) is 12.7. The van der Waals surface area contributed by atoms with Gasteiger partial charge >= 0.3 is 5.97 Å². The molecule has 0 aliphatic carbocycles. The van der Waals surface area contributed by atoms with E-state index in [2.05, 4.69) is 9.97 Å². The highest BCUT2D eigenvalue weighted by molar-refractivity contribution is 7.09. The molecule has 18 heavy (non-hydrogen) atoms. The molecule has 0 fully saturated rings. The van der Waals surface area contributed by atoms with Crippen LogP contribution >= 0.6 is 11.3 Å². The summed E-state index contributed by atoms with van der Waals surface area (Å²) in [6.45, 7) is 3.68. The molecule has 2 heterocycles. The lowest BCUT2D eigenvalue weighted by atomic mass is 10.1. The van der Waals surface area contributed by atoms with Crippen molar-refractivity contribution in [3.05, 3.63) is 45.2 Å². The second-order valence-corrected chi connectivity index (χ2v) is 5.15. The van der Waals surface area contributed by atoms with Gasteiger partial charge in [0.1, 0.15) is 5.82 Å². The van der Waals surface area contributed by atoms with Gasteiger partial charge in [-0.2, -0.15) is 0 Å². The Morgan fingerprint density at radius 1 is 1.33 bits per heavy atom. The van der Waals surface area contributed by atoms with Crippen molar-refractivity contribution in [1.29, 1.82) is 0 Å². The molecule has 94 valence electrons.